The maximum absolute atomic E-state index is 13.5. The van der Waals surface area contributed by atoms with Crippen molar-refractivity contribution in [3.8, 4) is 0 Å². The Balaban J connectivity index is 1.42. The fourth-order valence-corrected chi connectivity index (χ4v) is 6.56. The Hall–Kier alpha value is -2.25. The van der Waals surface area contributed by atoms with Gasteiger partial charge in [0.2, 0.25) is 0 Å². The molecule has 1 aliphatic rings. The molecule has 7 heteroatoms. The number of aromatic nitrogens is 1. The lowest BCUT2D eigenvalue weighted by Gasteiger charge is -2.31. The van der Waals surface area contributed by atoms with Crippen LogP contribution in [-0.2, 0) is 16.3 Å². The fraction of sp³-hybridized carbons (Fsp3) is 0.348. The van der Waals surface area contributed by atoms with Crippen molar-refractivity contribution in [1.82, 2.24) is 4.98 Å². The zero-order valence-electron chi connectivity index (χ0n) is 17.1. The van der Waals surface area contributed by atoms with Crippen molar-refractivity contribution in [2.75, 3.05) is 18.0 Å². The van der Waals surface area contributed by atoms with Crippen molar-refractivity contribution in [2.45, 2.75) is 43.3 Å². The molecule has 0 N–H and O–H groups in total. The number of hydrogen-bond acceptors (Lipinski definition) is 5. The van der Waals surface area contributed by atoms with E-state index in [1.807, 2.05) is 0 Å². The van der Waals surface area contributed by atoms with Gasteiger partial charge in [-0.15, -0.1) is 11.3 Å². The molecule has 2 heterocycles. The molecule has 2 aromatic carbocycles. The van der Waals surface area contributed by atoms with Crippen LogP contribution in [0.25, 0.3) is 0 Å². The number of anilines is 1. The van der Waals surface area contributed by atoms with Crippen LogP contribution in [0.2, 0.25) is 0 Å². The van der Waals surface area contributed by atoms with Gasteiger partial charge in [-0.1, -0.05) is 24.3 Å². The lowest BCUT2D eigenvalue weighted by atomic mass is 10.0. The molecule has 0 saturated carbocycles. The van der Waals surface area contributed by atoms with E-state index in [1.54, 1.807) is 11.3 Å². The summed E-state index contributed by atoms with van der Waals surface area (Å²) in [6.07, 6.45) is 1.84. The fourth-order valence-electron chi connectivity index (χ4n) is 3.92. The summed E-state index contributed by atoms with van der Waals surface area (Å²) in [4.78, 5) is 7.04. The molecule has 0 amide bonds. The molecule has 4 nitrogen and oxygen atoms in total. The molecule has 0 atom stereocenters. The van der Waals surface area contributed by atoms with E-state index in [1.165, 1.54) is 34.9 Å². The second kappa shape index (κ2) is 8.47. The molecule has 3 aromatic rings. The number of halogens is 1. The summed E-state index contributed by atoms with van der Waals surface area (Å²) >= 11 is 1.61. The zero-order valence-corrected chi connectivity index (χ0v) is 18.8. The summed E-state index contributed by atoms with van der Waals surface area (Å²) in [5.74, 6) is -0.521. The molecule has 1 fully saturated rings. The highest BCUT2D eigenvalue weighted by atomic mass is 32.2. The molecule has 1 aromatic heterocycles. The van der Waals surface area contributed by atoms with E-state index in [4.69, 9.17) is 4.98 Å². The van der Waals surface area contributed by atoms with E-state index in [0.717, 1.165) is 23.3 Å². The smallest absolute Gasteiger partial charge is 0.185 e. The molecule has 1 aliphatic heterocycles. The zero-order chi connectivity index (χ0) is 21.3. The summed E-state index contributed by atoms with van der Waals surface area (Å²) in [6.45, 7) is 5.53. The topological polar surface area (TPSA) is 50.3 Å². The highest BCUT2D eigenvalue weighted by Crippen LogP contribution is 2.30. The molecule has 0 radical (unpaired) electrons. The molecule has 0 bridgehead atoms. The van der Waals surface area contributed by atoms with E-state index in [-0.39, 0.29) is 4.90 Å². The number of rotatable bonds is 5. The van der Waals surface area contributed by atoms with Crippen LogP contribution in [0.4, 0.5) is 9.52 Å². The maximum atomic E-state index is 13.5. The second-order valence-electron chi connectivity index (χ2n) is 7.85. The largest absolute Gasteiger partial charge is 0.348 e. The van der Waals surface area contributed by atoms with E-state index < -0.39 is 20.9 Å². The van der Waals surface area contributed by atoms with E-state index in [0.29, 0.717) is 25.9 Å². The average Bonchev–Trinajstić information content (AvgIpc) is 3.20. The Morgan fingerprint density at radius 2 is 1.87 bits per heavy atom. The van der Waals surface area contributed by atoms with Crippen molar-refractivity contribution < 1.29 is 12.8 Å². The molecule has 30 heavy (non-hydrogen) atoms. The lowest BCUT2D eigenvalue weighted by Crippen LogP contribution is -2.39. The van der Waals surface area contributed by atoms with E-state index in [9.17, 15) is 12.8 Å². The van der Waals surface area contributed by atoms with E-state index >= 15 is 0 Å². The molecule has 158 valence electrons. The summed E-state index contributed by atoms with van der Waals surface area (Å²) in [6, 6.07) is 11.6. The summed E-state index contributed by atoms with van der Waals surface area (Å²) in [7, 11) is -3.52. The third-order valence-corrected chi connectivity index (χ3v) is 9.11. The molecule has 1 saturated heterocycles. The van der Waals surface area contributed by atoms with Crippen LogP contribution in [0.1, 0.15) is 35.2 Å². The number of hydrogen-bond donors (Lipinski definition) is 0. The van der Waals surface area contributed by atoms with Crippen LogP contribution in [0.15, 0.2) is 52.7 Å². The Morgan fingerprint density at radius 1 is 1.13 bits per heavy atom. The number of aryl methyl sites for hydroxylation is 1. The number of piperidine rings is 1. The molecule has 0 aliphatic carbocycles. The minimum absolute atomic E-state index is 0.0750. The van der Waals surface area contributed by atoms with Crippen LogP contribution in [-0.4, -0.2) is 31.7 Å². The maximum Gasteiger partial charge on any atom is 0.185 e. The Labute approximate surface area is 181 Å². The summed E-state index contributed by atoms with van der Waals surface area (Å²) in [5, 5.41) is 2.55. The Bertz CT molecular complexity index is 1150. The van der Waals surface area contributed by atoms with Gasteiger partial charge in [-0.2, -0.15) is 0 Å². The van der Waals surface area contributed by atoms with Gasteiger partial charge in [-0.05, 0) is 61.6 Å². The van der Waals surface area contributed by atoms with Gasteiger partial charge in [0.05, 0.1) is 15.8 Å². The first kappa shape index (κ1) is 21.0. The van der Waals surface area contributed by atoms with Gasteiger partial charge in [-0.3, -0.25) is 0 Å². The van der Waals surface area contributed by atoms with Crippen molar-refractivity contribution in [2.24, 2.45) is 0 Å². The molecular formula is C23H25FN2O2S2. The third-order valence-electron chi connectivity index (χ3n) is 5.90. The molecule has 0 spiro atoms. The van der Waals surface area contributed by atoms with Gasteiger partial charge >= 0.3 is 0 Å². The quantitative estimate of drug-likeness (QED) is 0.560. The van der Waals surface area contributed by atoms with Gasteiger partial charge in [-0.25, -0.2) is 17.8 Å². The minimum atomic E-state index is -3.52. The number of thiazole rings is 1. The van der Waals surface area contributed by atoms with Crippen LogP contribution in [0.5, 0.6) is 0 Å². The number of sulfone groups is 1. The predicted octanol–water partition coefficient (Wildman–Crippen LogP) is 4.93. The van der Waals surface area contributed by atoms with Gasteiger partial charge in [0.15, 0.2) is 15.0 Å². The first-order chi connectivity index (χ1) is 14.3. The summed E-state index contributed by atoms with van der Waals surface area (Å²) < 4.78 is 39.2. The second-order valence-corrected chi connectivity index (χ2v) is 10.9. The highest BCUT2D eigenvalue weighted by molar-refractivity contribution is 7.92. The van der Waals surface area contributed by atoms with Crippen LogP contribution in [0.3, 0.4) is 0 Å². The summed E-state index contributed by atoms with van der Waals surface area (Å²) in [5.41, 5.74) is 4.91. The molecule has 4 rings (SSSR count). The standard InChI is InChI=1S/C23H25FN2O2S2/c1-16-5-3-6-18(17(16)2)13-20-15-29-23(25-20)26-11-9-21(10-12-26)30(27,28)22-8-4-7-19(24)14-22/h3-8,14-15,21H,9-13H2,1-2H3. The van der Waals surface area contributed by atoms with E-state index in [2.05, 4.69) is 42.3 Å². The van der Waals surface area contributed by atoms with Gasteiger partial charge in [0.1, 0.15) is 5.82 Å². The van der Waals surface area contributed by atoms with Gasteiger partial charge < -0.3 is 4.90 Å². The number of nitrogens with zero attached hydrogens (tertiary/aromatic N) is 2. The number of benzene rings is 2. The lowest BCUT2D eigenvalue weighted by molar-refractivity contribution is 0.528. The highest BCUT2D eigenvalue weighted by Gasteiger charge is 2.32. The van der Waals surface area contributed by atoms with Gasteiger partial charge in [0, 0.05) is 24.9 Å². The van der Waals surface area contributed by atoms with Crippen molar-refractivity contribution in [3.63, 3.8) is 0 Å². The Morgan fingerprint density at radius 3 is 2.60 bits per heavy atom. The Kier molecular flexibility index (Phi) is 5.93. The third kappa shape index (κ3) is 4.27. The van der Waals surface area contributed by atoms with Crippen LogP contribution < -0.4 is 4.90 Å². The SMILES string of the molecule is Cc1cccc(Cc2csc(N3CCC(S(=O)(=O)c4cccc(F)c4)CC3)n2)c1C. The minimum Gasteiger partial charge on any atom is -0.348 e. The average molecular weight is 445 g/mol. The molecular weight excluding hydrogens is 419 g/mol. The predicted molar refractivity (Wildman–Crippen MR) is 120 cm³/mol. The van der Waals surface area contributed by atoms with Crippen LogP contribution >= 0.6 is 11.3 Å². The van der Waals surface area contributed by atoms with Crippen molar-refractivity contribution in [1.29, 1.82) is 0 Å². The van der Waals surface area contributed by atoms with Crippen molar-refractivity contribution >= 4 is 26.3 Å². The van der Waals surface area contributed by atoms with Gasteiger partial charge in [0.25, 0.3) is 0 Å². The normalized spacial score (nSPS) is 15.5. The van der Waals surface area contributed by atoms with Crippen LogP contribution in [0, 0.1) is 19.7 Å². The first-order valence-corrected chi connectivity index (χ1v) is 12.5. The first-order valence-electron chi connectivity index (χ1n) is 10.1. The molecule has 0 unspecified atom stereocenters. The monoisotopic (exact) mass is 444 g/mol. The van der Waals surface area contributed by atoms with Crippen molar-refractivity contribution in [3.05, 3.63) is 76.0 Å².